The number of aryl methyl sites for hydroxylation is 2. The van der Waals surface area contributed by atoms with Crippen LogP contribution in [0, 0.1) is 24.4 Å². The maximum absolute atomic E-state index is 14.7. The Morgan fingerprint density at radius 3 is 2.34 bits per heavy atom. The van der Waals surface area contributed by atoms with E-state index in [2.05, 4.69) is 15.7 Å². The molecule has 2 heterocycles. The molecule has 12 heteroatoms. The van der Waals surface area contributed by atoms with E-state index in [1.54, 1.807) is 42.2 Å². The first kappa shape index (κ1) is 30.0. The number of carbonyl (C=O) groups excluding carboxylic acids is 1. The molecule has 1 aliphatic rings. The molecule has 0 radical (unpaired) electrons. The van der Waals surface area contributed by atoms with Crippen LogP contribution in [0.25, 0.3) is 11.3 Å². The number of nitrogens with one attached hydrogen (secondary N) is 2. The molecular weight excluding hydrogens is 557 g/mol. The zero-order valence-electron chi connectivity index (χ0n) is 22.3. The summed E-state index contributed by atoms with van der Waals surface area (Å²) in [6, 6.07) is 15.5. The van der Waals surface area contributed by atoms with Gasteiger partial charge in [0, 0.05) is 37.3 Å². The van der Waals surface area contributed by atoms with Crippen molar-refractivity contribution in [2.75, 3.05) is 13.1 Å². The second kappa shape index (κ2) is 12.7. The predicted molar refractivity (Wildman–Crippen MR) is 147 cm³/mol. The second-order valence-electron chi connectivity index (χ2n) is 9.71. The zero-order valence-corrected chi connectivity index (χ0v) is 23.1. The molecule has 0 aliphatic carbocycles. The van der Waals surface area contributed by atoms with Gasteiger partial charge in [-0.15, -0.1) is 0 Å². The number of piperidine rings is 1. The van der Waals surface area contributed by atoms with E-state index in [1.165, 1.54) is 30.3 Å². The molecule has 0 spiro atoms. The Labute approximate surface area is 236 Å². The molecule has 216 valence electrons. The molecule has 1 saturated heterocycles. The van der Waals surface area contributed by atoms with E-state index in [4.69, 9.17) is 4.55 Å². The van der Waals surface area contributed by atoms with E-state index in [1.807, 2.05) is 6.92 Å². The van der Waals surface area contributed by atoms with E-state index in [9.17, 15) is 26.4 Å². The van der Waals surface area contributed by atoms with Crippen molar-refractivity contribution in [3.63, 3.8) is 0 Å². The lowest BCUT2D eigenvalue weighted by atomic mass is 9.85. The second-order valence-corrected chi connectivity index (χ2v) is 11.1. The summed E-state index contributed by atoms with van der Waals surface area (Å²) in [6.45, 7) is 2.97. The third-order valence-corrected chi connectivity index (χ3v) is 7.58. The Bertz CT molecular complexity index is 1640. The summed E-state index contributed by atoms with van der Waals surface area (Å²) in [5.41, 5.74) is 2.66. The van der Waals surface area contributed by atoms with Gasteiger partial charge in [0.2, 0.25) is 0 Å². The lowest BCUT2D eigenvalue weighted by Crippen LogP contribution is -2.50. The highest BCUT2D eigenvalue weighted by Gasteiger charge is 2.29. The molecule has 4 aromatic rings. The monoisotopic (exact) mass is 586 g/mol. The van der Waals surface area contributed by atoms with Crippen molar-refractivity contribution in [2.45, 2.75) is 30.2 Å². The molecule has 1 fully saturated rings. The molecule has 5 rings (SSSR count). The average molecular weight is 587 g/mol. The van der Waals surface area contributed by atoms with Crippen LogP contribution in [0.4, 0.5) is 13.2 Å². The van der Waals surface area contributed by atoms with Crippen molar-refractivity contribution in [2.24, 2.45) is 7.05 Å². The minimum absolute atomic E-state index is 0.0666. The first-order valence-corrected chi connectivity index (χ1v) is 14.2. The molecule has 41 heavy (non-hydrogen) atoms. The van der Waals surface area contributed by atoms with E-state index < -0.39 is 33.5 Å². The summed E-state index contributed by atoms with van der Waals surface area (Å²) >= 11 is 0. The molecule has 8 nitrogen and oxygen atoms in total. The van der Waals surface area contributed by atoms with Gasteiger partial charge in [-0.25, -0.2) is 13.2 Å². The van der Waals surface area contributed by atoms with Gasteiger partial charge in [-0.2, -0.15) is 13.5 Å². The van der Waals surface area contributed by atoms with Crippen molar-refractivity contribution < 1.29 is 30.9 Å². The highest BCUT2D eigenvalue weighted by molar-refractivity contribution is 7.85. The van der Waals surface area contributed by atoms with Crippen LogP contribution in [0.1, 0.15) is 33.8 Å². The van der Waals surface area contributed by atoms with Crippen LogP contribution in [0.5, 0.6) is 0 Å². The fourth-order valence-corrected chi connectivity index (χ4v) is 5.02. The van der Waals surface area contributed by atoms with Crippen molar-refractivity contribution >= 4 is 16.0 Å². The van der Waals surface area contributed by atoms with E-state index >= 15 is 0 Å². The molecule has 0 bridgehead atoms. The highest BCUT2D eigenvalue weighted by atomic mass is 32.2. The number of hydrogen-bond donors (Lipinski definition) is 3. The fourth-order valence-electron chi connectivity index (χ4n) is 4.54. The van der Waals surface area contributed by atoms with Gasteiger partial charge in [0.1, 0.15) is 5.82 Å². The summed E-state index contributed by atoms with van der Waals surface area (Å²) in [4.78, 5) is 12.7. The molecule has 1 amide bonds. The topological polar surface area (TPSA) is 113 Å². The van der Waals surface area contributed by atoms with E-state index in [-0.39, 0.29) is 22.4 Å². The van der Waals surface area contributed by atoms with Crippen molar-refractivity contribution in [3.05, 3.63) is 107 Å². The van der Waals surface area contributed by atoms with Crippen molar-refractivity contribution in [3.8, 4) is 11.3 Å². The zero-order chi connectivity index (χ0) is 29.7. The fraction of sp³-hybridized carbons (Fsp3) is 0.241. The molecule has 3 aromatic carbocycles. The maximum Gasteiger partial charge on any atom is 0.294 e. The van der Waals surface area contributed by atoms with Crippen LogP contribution in [-0.2, 0) is 17.2 Å². The van der Waals surface area contributed by atoms with Crippen LogP contribution in [0.3, 0.4) is 0 Å². The van der Waals surface area contributed by atoms with Gasteiger partial charge >= 0.3 is 0 Å². The molecule has 1 aromatic heterocycles. The van der Waals surface area contributed by atoms with Gasteiger partial charge < -0.3 is 10.6 Å². The van der Waals surface area contributed by atoms with Crippen LogP contribution in [0.2, 0.25) is 0 Å². The SMILES string of the molecule is Cc1ccc(S(=O)(=O)O)cc1.Cn1ccc(-c2ccc(C(=O)N[C@@H]3CNCC[C@H]3c3ccc(F)c(F)c3)c(F)c2)n1. The summed E-state index contributed by atoms with van der Waals surface area (Å²) < 4.78 is 72.8. The lowest BCUT2D eigenvalue weighted by molar-refractivity contribution is 0.0920. The Balaban J connectivity index is 0.000000296. The third-order valence-electron chi connectivity index (χ3n) is 6.71. The van der Waals surface area contributed by atoms with Crippen LogP contribution < -0.4 is 10.6 Å². The average Bonchev–Trinajstić information content (AvgIpc) is 3.37. The largest absolute Gasteiger partial charge is 0.347 e. The number of nitrogens with zero attached hydrogens (tertiary/aromatic N) is 2. The summed E-state index contributed by atoms with van der Waals surface area (Å²) in [5.74, 6) is -3.25. The van der Waals surface area contributed by atoms with Crippen LogP contribution in [0.15, 0.2) is 77.8 Å². The summed E-state index contributed by atoms with van der Waals surface area (Å²) in [7, 11) is -2.25. The first-order chi connectivity index (χ1) is 19.4. The van der Waals surface area contributed by atoms with E-state index in [0.717, 1.165) is 17.7 Å². The first-order valence-electron chi connectivity index (χ1n) is 12.7. The Morgan fingerprint density at radius 2 is 1.73 bits per heavy atom. The third kappa shape index (κ3) is 7.60. The maximum atomic E-state index is 14.7. The summed E-state index contributed by atoms with van der Waals surface area (Å²) in [6.07, 6.45) is 2.39. The van der Waals surface area contributed by atoms with Gasteiger partial charge in [0.05, 0.1) is 16.2 Å². The van der Waals surface area contributed by atoms with E-state index in [0.29, 0.717) is 36.3 Å². The van der Waals surface area contributed by atoms with Crippen LogP contribution >= 0.6 is 0 Å². The molecule has 0 saturated carbocycles. The highest BCUT2D eigenvalue weighted by Crippen LogP contribution is 2.28. The molecular formula is C29H29F3N4O4S. The van der Waals surface area contributed by atoms with Gasteiger partial charge in [-0.05, 0) is 67.9 Å². The lowest BCUT2D eigenvalue weighted by Gasteiger charge is -2.33. The Hall–Kier alpha value is -4.00. The number of halogens is 3. The molecule has 0 unspecified atom stereocenters. The minimum Gasteiger partial charge on any atom is -0.347 e. The summed E-state index contributed by atoms with van der Waals surface area (Å²) in [5, 5.41) is 10.3. The number of rotatable bonds is 5. The predicted octanol–water partition coefficient (Wildman–Crippen LogP) is 4.62. The van der Waals surface area contributed by atoms with Crippen molar-refractivity contribution in [1.29, 1.82) is 0 Å². The van der Waals surface area contributed by atoms with Gasteiger partial charge in [-0.1, -0.05) is 29.8 Å². The quantitative estimate of drug-likeness (QED) is 0.294. The minimum atomic E-state index is -4.02. The number of benzene rings is 3. The van der Waals surface area contributed by atoms with Crippen molar-refractivity contribution in [1.82, 2.24) is 20.4 Å². The molecule has 2 atom stereocenters. The Morgan fingerprint density at radius 1 is 1.00 bits per heavy atom. The number of carbonyl (C=O) groups is 1. The number of aromatic nitrogens is 2. The smallest absolute Gasteiger partial charge is 0.294 e. The molecule has 3 N–H and O–H groups in total. The van der Waals surface area contributed by atoms with Crippen LogP contribution in [-0.4, -0.2) is 47.8 Å². The standard InChI is InChI=1S/C22H21F3N4O.C7H8O3S/c1-29-9-7-20(28-29)14-2-4-16(18(24)11-14)22(30)27-21-12-26-8-6-15(21)13-3-5-17(23)19(25)10-13;1-6-2-4-7(5-3-6)11(8,9)10/h2-5,7,9-11,15,21,26H,6,8,12H2,1H3,(H,27,30);2-5H,1H3,(H,8,9,10)/t15-,21+;/m0./s1. The van der Waals surface area contributed by atoms with Gasteiger partial charge in [0.15, 0.2) is 11.6 Å². The number of hydrogen-bond acceptors (Lipinski definition) is 5. The molecule has 1 aliphatic heterocycles. The Kier molecular flexibility index (Phi) is 9.26. The van der Waals surface area contributed by atoms with Gasteiger partial charge in [-0.3, -0.25) is 14.0 Å². The van der Waals surface area contributed by atoms with Gasteiger partial charge in [0.25, 0.3) is 16.0 Å². The number of amides is 1. The normalized spacial score (nSPS) is 16.9.